The summed E-state index contributed by atoms with van der Waals surface area (Å²) in [6.07, 6.45) is -4.37. The first-order valence-electron chi connectivity index (χ1n) is 6.21. The Hall–Kier alpha value is -0.990. The van der Waals surface area contributed by atoms with Crippen molar-refractivity contribution in [3.05, 3.63) is 22.2 Å². The standard InChI is InChI=1S/C13H17BrF3NO3/c1-3-18-6-9-4-10(14)12(11(5-9)19-2)21-8-20-7-13(15,16)17/h4-5,18H,3,6-8H2,1-2H3. The lowest BCUT2D eigenvalue weighted by Crippen LogP contribution is -2.19. The van der Waals surface area contributed by atoms with E-state index in [-0.39, 0.29) is 0 Å². The molecule has 0 aliphatic carbocycles. The van der Waals surface area contributed by atoms with E-state index in [0.717, 1.165) is 12.1 Å². The molecule has 21 heavy (non-hydrogen) atoms. The molecule has 0 amide bonds. The lowest BCUT2D eigenvalue weighted by molar-refractivity contribution is -0.186. The molecule has 0 unspecified atom stereocenters. The van der Waals surface area contributed by atoms with Crippen molar-refractivity contribution < 1.29 is 27.4 Å². The molecule has 0 atom stereocenters. The zero-order valence-corrected chi connectivity index (χ0v) is 13.3. The van der Waals surface area contributed by atoms with Gasteiger partial charge < -0.3 is 19.5 Å². The monoisotopic (exact) mass is 371 g/mol. The molecule has 1 aromatic rings. The molecule has 8 heteroatoms. The number of benzene rings is 1. The largest absolute Gasteiger partial charge is 0.493 e. The van der Waals surface area contributed by atoms with Crippen molar-refractivity contribution in [2.75, 3.05) is 27.1 Å². The summed E-state index contributed by atoms with van der Waals surface area (Å²) in [5.74, 6) is 0.729. The molecule has 0 saturated carbocycles. The second-order valence-corrected chi connectivity index (χ2v) is 4.97. The first kappa shape index (κ1) is 18.1. The van der Waals surface area contributed by atoms with E-state index >= 15 is 0 Å². The zero-order valence-electron chi connectivity index (χ0n) is 11.7. The van der Waals surface area contributed by atoms with Gasteiger partial charge in [-0.3, -0.25) is 0 Å². The fourth-order valence-corrected chi connectivity index (χ4v) is 2.15. The summed E-state index contributed by atoms with van der Waals surface area (Å²) in [6, 6.07) is 3.57. The summed E-state index contributed by atoms with van der Waals surface area (Å²) < 4.78 is 51.3. The normalized spacial score (nSPS) is 11.5. The maximum Gasteiger partial charge on any atom is 0.411 e. The van der Waals surface area contributed by atoms with Crippen LogP contribution in [0.15, 0.2) is 16.6 Å². The van der Waals surface area contributed by atoms with Gasteiger partial charge in [0.25, 0.3) is 0 Å². The molecule has 1 N–H and O–H groups in total. The van der Waals surface area contributed by atoms with Crippen LogP contribution in [0.3, 0.4) is 0 Å². The van der Waals surface area contributed by atoms with Gasteiger partial charge in [0.15, 0.2) is 18.3 Å². The third kappa shape index (κ3) is 6.54. The fraction of sp³-hybridized carbons (Fsp3) is 0.538. The number of hydrogen-bond donors (Lipinski definition) is 1. The van der Waals surface area contributed by atoms with Crippen LogP contribution in [0.5, 0.6) is 11.5 Å². The maximum atomic E-state index is 12.0. The minimum Gasteiger partial charge on any atom is -0.493 e. The Labute approximate surface area is 129 Å². The van der Waals surface area contributed by atoms with Gasteiger partial charge in [-0.15, -0.1) is 0 Å². The Balaban J connectivity index is 2.68. The molecule has 1 rings (SSSR count). The van der Waals surface area contributed by atoms with E-state index in [0.29, 0.717) is 22.5 Å². The van der Waals surface area contributed by atoms with Gasteiger partial charge in [0.05, 0.1) is 11.6 Å². The number of halogens is 4. The van der Waals surface area contributed by atoms with Gasteiger partial charge in [0.2, 0.25) is 0 Å². The van der Waals surface area contributed by atoms with Gasteiger partial charge in [-0.1, -0.05) is 6.92 Å². The van der Waals surface area contributed by atoms with Crippen LogP contribution < -0.4 is 14.8 Å². The van der Waals surface area contributed by atoms with Crippen LogP contribution in [0.1, 0.15) is 12.5 Å². The summed E-state index contributed by atoms with van der Waals surface area (Å²) in [7, 11) is 1.46. The highest BCUT2D eigenvalue weighted by atomic mass is 79.9. The number of alkyl halides is 3. The number of nitrogens with one attached hydrogen (secondary N) is 1. The van der Waals surface area contributed by atoms with Crippen LogP contribution in [0.4, 0.5) is 13.2 Å². The van der Waals surface area contributed by atoms with E-state index in [2.05, 4.69) is 26.0 Å². The van der Waals surface area contributed by atoms with Gasteiger partial charge in [-0.05, 0) is 40.2 Å². The highest BCUT2D eigenvalue weighted by Gasteiger charge is 2.27. The Morgan fingerprint density at radius 1 is 1.29 bits per heavy atom. The summed E-state index contributed by atoms with van der Waals surface area (Å²) in [5, 5.41) is 3.16. The molecule has 0 aromatic heterocycles. The Morgan fingerprint density at radius 3 is 2.57 bits per heavy atom. The molecule has 0 radical (unpaired) electrons. The van der Waals surface area contributed by atoms with Crippen LogP contribution >= 0.6 is 15.9 Å². The fourth-order valence-electron chi connectivity index (χ4n) is 1.54. The number of hydrogen-bond acceptors (Lipinski definition) is 4. The van der Waals surface area contributed by atoms with Crippen molar-refractivity contribution in [3.63, 3.8) is 0 Å². The summed E-state index contributed by atoms with van der Waals surface area (Å²) in [5.41, 5.74) is 0.962. The average molecular weight is 372 g/mol. The van der Waals surface area contributed by atoms with E-state index < -0.39 is 19.6 Å². The smallest absolute Gasteiger partial charge is 0.411 e. The maximum absolute atomic E-state index is 12.0. The van der Waals surface area contributed by atoms with Crippen LogP contribution in [0.2, 0.25) is 0 Å². The van der Waals surface area contributed by atoms with E-state index in [4.69, 9.17) is 9.47 Å². The SMILES string of the molecule is CCNCc1cc(Br)c(OCOCC(F)(F)F)c(OC)c1. The molecule has 4 nitrogen and oxygen atoms in total. The number of rotatable bonds is 8. The topological polar surface area (TPSA) is 39.7 Å². The minimum atomic E-state index is -4.37. The molecular weight excluding hydrogens is 355 g/mol. The summed E-state index contributed by atoms with van der Waals surface area (Å²) in [4.78, 5) is 0. The average Bonchev–Trinajstić information content (AvgIpc) is 2.41. The zero-order chi connectivity index (χ0) is 15.9. The van der Waals surface area contributed by atoms with Crippen LogP contribution in [0, 0.1) is 0 Å². The Morgan fingerprint density at radius 2 is 2.00 bits per heavy atom. The highest BCUT2D eigenvalue weighted by molar-refractivity contribution is 9.10. The minimum absolute atomic E-state index is 0.305. The molecule has 0 heterocycles. The number of methoxy groups -OCH3 is 1. The van der Waals surface area contributed by atoms with Crippen LogP contribution in [-0.4, -0.2) is 33.2 Å². The predicted octanol–water partition coefficient (Wildman–Crippen LogP) is 3.48. The molecule has 0 aliphatic heterocycles. The van der Waals surface area contributed by atoms with Gasteiger partial charge in [-0.25, -0.2) is 0 Å². The Bertz CT molecular complexity index is 455. The molecular formula is C13H17BrF3NO3. The molecule has 0 saturated heterocycles. The lowest BCUT2D eigenvalue weighted by atomic mass is 10.2. The van der Waals surface area contributed by atoms with E-state index in [1.54, 1.807) is 6.07 Å². The first-order chi connectivity index (χ1) is 9.87. The van der Waals surface area contributed by atoms with Crippen LogP contribution in [0.25, 0.3) is 0 Å². The third-order valence-electron chi connectivity index (χ3n) is 2.42. The van der Waals surface area contributed by atoms with E-state index in [9.17, 15) is 13.2 Å². The van der Waals surface area contributed by atoms with Gasteiger partial charge in [0, 0.05) is 6.54 Å². The van der Waals surface area contributed by atoms with E-state index in [1.165, 1.54) is 7.11 Å². The van der Waals surface area contributed by atoms with Crippen LogP contribution in [-0.2, 0) is 11.3 Å². The molecule has 1 aromatic carbocycles. The quantitative estimate of drug-likeness (QED) is 0.560. The van der Waals surface area contributed by atoms with Crippen molar-refractivity contribution in [3.8, 4) is 11.5 Å². The lowest BCUT2D eigenvalue weighted by Gasteiger charge is -2.15. The molecule has 0 spiro atoms. The van der Waals surface area contributed by atoms with Crippen molar-refractivity contribution >= 4 is 15.9 Å². The third-order valence-corrected chi connectivity index (χ3v) is 3.01. The number of ether oxygens (including phenoxy) is 3. The Kier molecular flexibility index (Phi) is 7.27. The molecule has 0 fully saturated rings. The molecule has 0 aliphatic rings. The molecule has 0 bridgehead atoms. The van der Waals surface area contributed by atoms with Gasteiger partial charge >= 0.3 is 6.18 Å². The van der Waals surface area contributed by atoms with Gasteiger partial charge in [0.1, 0.15) is 6.61 Å². The second-order valence-electron chi connectivity index (χ2n) is 4.12. The van der Waals surface area contributed by atoms with Crippen molar-refractivity contribution in [1.82, 2.24) is 5.32 Å². The van der Waals surface area contributed by atoms with Crippen molar-refractivity contribution in [1.29, 1.82) is 0 Å². The summed E-state index contributed by atoms with van der Waals surface area (Å²) >= 11 is 3.31. The van der Waals surface area contributed by atoms with Crippen molar-refractivity contribution in [2.24, 2.45) is 0 Å². The van der Waals surface area contributed by atoms with Crippen molar-refractivity contribution in [2.45, 2.75) is 19.6 Å². The second kappa shape index (κ2) is 8.45. The first-order valence-corrected chi connectivity index (χ1v) is 7.01. The highest BCUT2D eigenvalue weighted by Crippen LogP contribution is 2.36. The summed E-state index contributed by atoms with van der Waals surface area (Å²) in [6.45, 7) is 1.59. The molecule has 120 valence electrons. The predicted molar refractivity (Wildman–Crippen MR) is 75.6 cm³/mol. The van der Waals surface area contributed by atoms with Gasteiger partial charge in [-0.2, -0.15) is 13.2 Å². The van der Waals surface area contributed by atoms with E-state index in [1.807, 2.05) is 13.0 Å².